The van der Waals surface area contributed by atoms with Gasteiger partial charge in [-0.05, 0) is 30.7 Å². The molecule has 0 aliphatic rings. The molecule has 0 aliphatic heterocycles. The lowest BCUT2D eigenvalue weighted by Crippen LogP contribution is -2.32. The van der Waals surface area contributed by atoms with Crippen LogP contribution >= 0.6 is 0 Å². The molecule has 5 nitrogen and oxygen atoms in total. The van der Waals surface area contributed by atoms with Crippen molar-refractivity contribution in [1.29, 1.82) is 0 Å². The van der Waals surface area contributed by atoms with Crippen molar-refractivity contribution < 1.29 is 9.18 Å². The van der Waals surface area contributed by atoms with Gasteiger partial charge in [0.15, 0.2) is 0 Å². The maximum absolute atomic E-state index is 13.1. The van der Waals surface area contributed by atoms with Gasteiger partial charge in [0.2, 0.25) is 5.91 Å². The Bertz CT molecular complexity index is 906. The summed E-state index contributed by atoms with van der Waals surface area (Å²) in [6.45, 7) is 3.85. The van der Waals surface area contributed by atoms with Crippen LogP contribution in [-0.4, -0.2) is 29.2 Å². The third kappa shape index (κ3) is 5.49. The molecule has 27 heavy (non-hydrogen) atoms. The molecule has 0 bridgehead atoms. The summed E-state index contributed by atoms with van der Waals surface area (Å²) in [6, 6.07) is 14.3. The zero-order valence-corrected chi connectivity index (χ0v) is 15.3. The van der Waals surface area contributed by atoms with Gasteiger partial charge in [-0.3, -0.25) is 9.89 Å². The van der Waals surface area contributed by atoms with Crippen LogP contribution in [0.3, 0.4) is 0 Å². The van der Waals surface area contributed by atoms with E-state index in [-0.39, 0.29) is 18.1 Å². The minimum atomic E-state index is -0.327. The molecule has 3 aromatic rings. The van der Waals surface area contributed by atoms with Gasteiger partial charge >= 0.3 is 0 Å². The van der Waals surface area contributed by atoms with Crippen molar-refractivity contribution in [2.24, 2.45) is 0 Å². The Morgan fingerprint density at radius 2 is 2.00 bits per heavy atom. The third-order valence-electron chi connectivity index (χ3n) is 4.22. The van der Waals surface area contributed by atoms with E-state index >= 15 is 0 Å². The van der Waals surface area contributed by atoms with Crippen molar-refractivity contribution in [1.82, 2.24) is 20.8 Å². The zero-order chi connectivity index (χ0) is 19.1. The summed E-state index contributed by atoms with van der Waals surface area (Å²) in [5.74, 6) is -0.447. The van der Waals surface area contributed by atoms with Crippen molar-refractivity contribution in [2.45, 2.75) is 19.9 Å². The number of aromatic nitrogens is 2. The lowest BCUT2D eigenvalue weighted by atomic mass is 10.1. The van der Waals surface area contributed by atoms with Gasteiger partial charge in [-0.25, -0.2) is 4.39 Å². The van der Waals surface area contributed by atoms with Gasteiger partial charge in [0.05, 0.1) is 18.3 Å². The number of benzene rings is 2. The zero-order valence-electron chi connectivity index (χ0n) is 15.3. The van der Waals surface area contributed by atoms with Crippen LogP contribution in [0.4, 0.5) is 4.39 Å². The van der Waals surface area contributed by atoms with Crippen molar-refractivity contribution in [3.05, 3.63) is 77.2 Å². The fraction of sp³-hybridized carbons (Fsp3) is 0.238. The van der Waals surface area contributed by atoms with Crippen molar-refractivity contribution in [3.63, 3.8) is 0 Å². The molecular formula is C21H23FN4O. The second kappa shape index (κ2) is 9.09. The molecule has 0 fully saturated rings. The minimum absolute atomic E-state index is 0.119. The van der Waals surface area contributed by atoms with Crippen LogP contribution < -0.4 is 10.6 Å². The van der Waals surface area contributed by atoms with Gasteiger partial charge in [-0.2, -0.15) is 5.10 Å². The smallest absolute Gasteiger partial charge is 0.224 e. The molecule has 0 unspecified atom stereocenters. The van der Waals surface area contributed by atoms with Crippen molar-refractivity contribution >= 4 is 5.91 Å². The van der Waals surface area contributed by atoms with E-state index in [0.29, 0.717) is 25.2 Å². The Hall–Kier alpha value is -2.99. The Morgan fingerprint density at radius 3 is 2.81 bits per heavy atom. The monoisotopic (exact) mass is 366 g/mol. The number of hydrogen-bond acceptors (Lipinski definition) is 3. The summed E-state index contributed by atoms with van der Waals surface area (Å²) in [4.78, 5) is 11.9. The Morgan fingerprint density at radius 1 is 1.15 bits per heavy atom. The van der Waals surface area contributed by atoms with Crippen LogP contribution in [0.25, 0.3) is 11.3 Å². The second-order valence-electron chi connectivity index (χ2n) is 6.47. The van der Waals surface area contributed by atoms with E-state index in [4.69, 9.17) is 0 Å². The van der Waals surface area contributed by atoms with Crippen LogP contribution in [0.5, 0.6) is 0 Å². The molecular weight excluding hydrogens is 343 g/mol. The van der Waals surface area contributed by atoms with E-state index in [0.717, 1.165) is 16.8 Å². The number of aryl methyl sites for hydroxylation is 1. The quantitative estimate of drug-likeness (QED) is 0.537. The van der Waals surface area contributed by atoms with Crippen molar-refractivity contribution in [3.8, 4) is 11.3 Å². The number of carbonyl (C=O) groups is 1. The van der Waals surface area contributed by atoms with E-state index in [9.17, 15) is 9.18 Å². The van der Waals surface area contributed by atoms with E-state index in [1.807, 2.05) is 12.3 Å². The number of amides is 1. The topological polar surface area (TPSA) is 69.8 Å². The molecule has 0 radical (unpaired) electrons. The molecule has 3 rings (SSSR count). The highest BCUT2D eigenvalue weighted by molar-refractivity contribution is 5.78. The van der Waals surface area contributed by atoms with Gasteiger partial charge in [-0.1, -0.05) is 35.9 Å². The van der Waals surface area contributed by atoms with Crippen LogP contribution in [0, 0.1) is 12.7 Å². The molecule has 0 atom stereocenters. The van der Waals surface area contributed by atoms with Crippen LogP contribution in [0.1, 0.15) is 16.7 Å². The third-order valence-corrected chi connectivity index (χ3v) is 4.22. The molecule has 0 aliphatic carbocycles. The van der Waals surface area contributed by atoms with Crippen molar-refractivity contribution in [2.75, 3.05) is 13.1 Å². The largest absolute Gasteiger partial charge is 0.355 e. The minimum Gasteiger partial charge on any atom is -0.355 e. The Balaban J connectivity index is 1.42. The summed E-state index contributed by atoms with van der Waals surface area (Å²) in [6.07, 6.45) is 1.99. The summed E-state index contributed by atoms with van der Waals surface area (Å²) in [7, 11) is 0. The van der Waals surface area contributed by atoms with Gasteiger partial charge in [-0.15, -0.1) is 0 Å². The average molecular weight is 366 g/mol. The van der Waals surface area contributed by atoms with Gasteiger partial charge in [0, 0.05) is 30.8 Å². The number of H-pyrrole nitrogens is 1. The van der Waals surface area contributed by atoms with E-state index in [2.05, 4.69) is 46.0 Å². The summed E-state index contributed by atoms with van der Waals surface area (Å²) in [5, 5.41) is 13.3. The first-order valence-corrected chi connectivity index (χ1v) is 8.93. The summed E-state index contributed by atoms with van der Waals surface area (Å²) in [5.41, 5.74) is 5.05. The maximum Gasteiger partial charge on any atom is 0.224 e. The predicted octanol–water partition coefficient (Wildman–Crippen LogP) is 2.97. The molecule has 0 spiro atoms. The summed E-state index contributed by atoms with van der Waals surface area (Å²) < 4.78 is 13.1. The molecule has 0 saturated heterocycles. The predicted molar refractivity (Wildman–Crippen MR) is 104 cm³/mol. The number of rotatable bonds is 8. The number of hydrogen-bond donors (Lipinski definition) is 3. The fourth-order valence-electron chi connectivity index (χ4n) is 2.90. The number of aromatic amines is 1. The molecule has 2 aromatic carbocycles. The first kappa shape index (κ1) is 18.8. The number of carbonyl (C=O) groups excluding carboxylic acids is 1. The molecule has 140 valence electrons. The molecule has 1 amide bonds. The van der Waals surface area contributed by atoms with E-state index in [1.165, 1.54) is 17.7 Å². The highest BCUT2D eigenvalue weighted by Gasteiger charge is 2.08. The first-order valence-electron chi connectivity index (χ1n) is 8.93. The van der Waals surface area contributed by atoms with Crippen LogP contribution in [0.15, 0.2) is 54.7 Å². The number of halogens is 1. The van der Waals surface area contributed by atoms with E-state index in [1.54, 1.807) is 12.1 Å². The van der Waals surface area contributed by atoms with Gasteiger partial charge in [0.1, 0.15) is 5.82 Å². The van der Waals surface area contributed by atoms with E-state index < -0.39 is 0 Å². The fourth-order valence-corrected chi connectivity index (χ4v) is 2.90. The van der Waals surface area contributed by atoms with Crippen LogP contribution in [-0.2, 0) is 17.8 Å². The van der Waals surface area contributed by atoms with Gasteiger partial charge < -0.3 is 10.6 Å². The standard InChI is InChI=1S/C21H23FN4O/c1-15-4-2-6-17(10-15)21-18(14-25-26-21)13-23-8-9-24-20(27)12-16-5-3-7-19(22)11-16/h2-7,10-11,14,23H,8-9,12-13H2,1H3,(H,24,27)(H,25,26). The Kier molecular flexibility index (Phi) is 6.33. The lowest BCUT2D eigenvalue weighted by molar-refractivity contribution is -0.120. The Labute approximate surface area is 158 Å². The van der Waals surface area contributed by atoms with Crippen LogP contribution in [0.2, 0.25) is 0 Å². The SMILES string of the molecule is Cc1cccc(-c2[nH]ncc2CNCCNC(=O)Cc2cccc(F)c2)c1. The highest BCUT2D eigenvalue weighted by atomic mass is 19.1. The summed E-state index contributed by atoms with van der Waals surface area (Å²) >= 11 is 0. The highest BCUT2D eigenvalue weighted by Crippen LogP contribution is 2.21. The molecule has 6 heteroatoms. The van der Waals surface area contributed by atoms with Gasteiger partial charge in [0.25, 0.3) is 0 Å². The first-order chi connectivity index (χ1) is 13.1. The molecule has 1 aromatic heterocycles. The maximum atomic E-state index is 13.1. The molecule has 0 saturated carbocycles. The average Bonchev–Trinajstić information content (AvgIpc) is 3.10. The number of nitrogens with zero attached hydrogens (tertiary/aromatic N) is 1. The second-order valence-corrected chi connectivity index (χ2v) is 6.47. The normalized spacial score (nSPS) is 10.7. The molecule has 3 N–H and O–H groups in total. The molecule has 1 heterocycles. The number of nitrogens with one attached hydrogen (secondary N) is 3. The lowest BCUT2D eigenvalue weighted by Gasteiger charge is -2.08.